The quantitative estimate of drug-likeness (QED) is 0.737. The first-order chi connectivity index (χ1) is 12.5. The van der Waals surface area contributed by atoms with Crippen LogP contribution in [0.5, 0.6) is 0 Å². The van der Waals surface area contributed by atoms with E-state index in [1.807, 2.05) is 56.3 Å². The van der Waals surface area contributed by atoms with E-state index in [2.05, 4.69) is 5.32 Å². The van der Waals surface area contributed by atoms with Gasteiger partial charge < -0.3 is 14.8 Å². The topological polar surface area (TPSA) is 64.6 Å². The summed E-state index contributed by atoms with van der Waals surface area (Å²) in [7, 11) is 0. The molecule has 5 nitrogen and oxygen atoms in total. The third-order valence-electron chi connectivity index (χ3n) is 3.74. The molecule has 0 fully saturated rings. The Hall–Kier alpha value is -2.66. The molecule has 2 aromatic carbocycles. The van der Waals surface area contributed by atoms with Crippen LogP contribution in [-0.2, 0) is 27.4 Å². The molecule has 0 saturated heterocycles. The van der Waals surface area contributed by atoms with Crippen LogP contribution in [-0.4, -0.2) is 24.1 Å². The lowest BCUT2D eigenvalue weighted by atomic mass is 10.1. The van der Waals surface area contributed by atoms with Gasteiger partial charge in [-0.05, 0) is 44.0 Å². The molecule has 1 amide bonds. The van der Waals surface area contributed by atoms with Crippen molar-refractivity contribution >= 4 is 11.9 Å². The highest BCUT2D eigenvalue weighted by Gasteiger charge is 2.18. The smallest absolute Gasteiger partial charge is 0.338 e. The van der Waals surface area contributed by atoms with Crippen molar-refractivity contribution in [3.63, 3.8) is 0 Å². The molecule has 0 aromatic heterocycles. The van der Waals surface area contributed by atoms with E-state index in [0.29, 0.717) is 18.7 Å². The van der Waals surface area contributed by atoms with Gasteiger partial charge in [0, 0.05) is 6.54 Å². The fourth-order valence-corrected chi connectivity index (χ4v) is 2.21. The number of benzene rings is 2. The maximum absolute atomic E-state index is 12.2. The normalized spacial score (nSPS) is 11.8. The van der Waals surface area contributed by atoms with Crippen LogP contribution in [0.15, 0.2) is 54.6 Å². The van der Waals surface area contributed by atoms with Gasteiger partial charge in [-0.15, -0.1) is 0 Å². The molecule has 2 aromatic rings. The summed E-state index contributed by atoms with van der Waals surface area (Å²) in [6, 6.07) is 16.5. The number of nitrogens with one attached hydrogen (secondary N) is 1. The van der Waals surface area contributed by atoms with Gasteiger partial charge in [0.1, 0.15) is 0 Å². The number of carbonyl (C=O) groups excluding carboxylic acids is 2. The maximum atomic E-state index is 12.2. The average molecular weight is 355 g/mol. The van der Waals surface area contributed by atoms with Crippen LogP contribution in [0.25, 0.3) is 0 Å². The van der Waals surface area contributed by atoms with Crippen LogP contribution >= 0.6 is 0 Å². The van der Waals surface area contributed by atoms with Gasteiger partial charge in [-0.2, -0.15) is 0 Å². The van der Waals surface area contributed by atoms with Gasteiger partial charge >= 0.3 is 5.97 Å². The minimum absolute atomic E-state index is 0.148. The summed E-state index contributed by atoms with van der Waals surface area (Å²) in [6.07, 6.45) is -0.718. The largest absolute Gasteiger partial charge is 0.449 e. The number of esters is 1. The summed E-state index contributed by atoms with van der Waals surface area (Å²) in [6.45, 7) is 6.38. The lowest BCUT2D eigenvalue weighted by molar-refractivity contribution is -0.129. The minimum Gasteiger partial charge on any atom is -0.449 e. The Kier molecular flexibility index (Phi) is 7.36. The van der Waals surface area contributed by atoms with E-state index in [1.54, 1.807) is 19.1 Å². The van der Waals surface area contributed by atoms with Crippen LogP contribution in [0, 0.1) is 0 Å². The van der Waals surface area contributed by atoms with E-state index in [9.17, 15) is 9.59 Å². The molecule has 26 heavy (non-hydrogen) atoms. The molecular weight excluding hydrogens is 330 g/mol. The monoisotopic (exact) mass is 355 g/mol. The molecule has 0 radical (unpaired) electrons. The Bertz CT molecular complexity index is 711. The zero-order chi connectivity index (χ0) is 18.9. The summed E-state index contributed by atoms with van der Waals surface area (Å²) in [5, 5.41) is 2.76. The second-order valence-corrected chi connectivity index (χ2v) is 6.31. The Labute approximate surface area is 154 Å². The van der Waals surface area contributed by atoms with Crippen molar-refractivity contribution in [1.29, 1.82) is 0 Å². The molecule has 0 heterocycles. The first kappa shape index (κ1) is 19.7. The molecule has 0 spiro atoms. The van der Waals surface area contributed by atoms with Crippen molar-refractivity contribution in [1.82, 2.24) is 5.32 Å². The van der Waals surface area contributed by atoms with E-state index in [0.717, 1.165) is 11.1 Å². The Balaban J connectivity index is 1.82. The number of ether oxygens (including phenoxy) is 2. The lowest BCUT2D eigenvalue weighted by Crippen LogP contribution is -2.35. The number of hydrogen-bond donors (Lipinski definition) is 1. The van der Waals surface area contributed by atoms with E-state index in [1.165, 1.54) is 0 Å². The summed E-state index contributed by atoms with van der Waals surface area (Å²) in [5.41, 5.74) is 2.36. The molecule has 0 aliphatic carbocycles. The maximum Gasteiger partial charge on any atom is 0.338 e. The van der Waals surface area contributed by atoms with Crippen molar-refractivity contribution in [3.8, 4) is 0 Å². The van der Waals surface area contributed by atoms with Crippen LogP contribution in [0.4, 0.5) is 0 Å². The molecular formula is C21H25NO4. The third kappa shape index (κ3) is 6.33. The minimum atomic E-state index is -0.866. The van der Waals surface area contributed by atoms with Crippen LogP contribution in [0.1, 0.15) is 42.3 Å². The number of amides is 1. The van der Waals surface area contributed by atoms with Gasteiger partial charge in [-0.3, -0.25) is 4.79 Å². The zero-order valence-corrected chi connectivity index (χ0v) is 15.4. The highest BCUT2D eigenvalue weighted by Crippen LogP contribution is 2.09. The summed E-state index contributed by atoms with van der Waals surface area (Å²) in [4.78, 5) is 24.3. The first-order valence-corrected chi connectivity index (χ1v) is 8.69. The molecule has 0 aliphatic heterocycles. The van der Waals surface area contributed by atoms with Gasteiger partial charge in [-0.25, -0.2) is 4.79 Å². The fraction of sp³-hybridized carbons (Fsp3) is 0.333. The Morgan fingerprint density at radius 3 is 2.19 bits per heavy atom. The van der Waals surface area contributed by atoms with Crippen molar-refractivity contribution in [2.24, 2.45) is 0 Å². The molecule has 0 unspecified atom stereocenters. The second kappa shape index (κ2) is 9.73. The third-order valence-corrected chi connectivity index (χ3v) is 3.74. The molecule has 1 atom stereocenters. The predicted octanol–water partition coefficient (Wildman–Crippen LogP) is 3.47. The van der Waals surface area contributed by atoms with Crippen LogP contribution < -0.4 is 5.32 Å². The van der Waals surface area contributed by atoms with Gasteiger partial charge in [0.15, 0.2) is 6.10 Å². The molecule has 0 aliphatic rings. The van der Waals surface area contributed by atoms with Crippen molar-refractivity contribution < 1.29 is 19.1 Å². The van der Waals surface area contributed by atoms with Gasteiger partial charge in [0.2, 0.25) is 0 Å². The summed E-state index contributed by atoms with van der Waals surface area (Å²) >= 11 is 0. The SMILES string of the molecule is CC(C)OCc1ccc(C(=O)O[C@@H](C)C(=O)NCc2ccccc2)cc1. The first-order valence-electron chi connectivity index (χ1n) is 8.69. The van der Waals surface area contributed by atoms with E-state index >= 15 is 0 Å². The Morgan fingerprint density at radius 1 is 0.923 bits per heavy atom. The van der Waals surface area contributed by atoms with Gasteiger partial charge in [-0.1, -0.05) is 42.5 Å². The molecule has 0 saturated carbocycles. The standard InChI is InChI=1S/C21H25NO4/c1-15(2)25-14-18-9-11-19(12-10-18)21(24)26-16(3)20(23)22-13-17-7-5-4-6-8-17/h4-12,15-16H,13-14H2,1-3H3,(H,22,23)/t16-/m0/s1. The predicted molar refractivity (Wildman–Crippen MR) is 99.5 cm³/mol. The van der Waals surface area contributed by atoms with E-state index < -0.39 is 12.1 Å². The van der Waals surface area contributed by atoms with Gasteiger partial charge in [0.25, 0.3) is 5.91 Å². The fourth-order valence-electron chi connectivity index (χ4n) is 2.21. The number of hydrogen-bond acceptors (Lipinski definition) is 4. The molecule has 5 heteroatoms. The van der Waals surface area contributed by atoms with Crippen molar-refractivity contribution in [2.45, 2.75) is 46.1 Å². The lowest BCUT2D eigenvalue weighted by Gasteiger charge is -2.14. The van der Waals surface area contributed by atoms with Crippen molar-refractivity contribution in [2.75, 3.05) is 0 Å². The van der Waals surface area contributed by atoms with E-state index in [4.69, 9.17) is 9.47 Å². The summed E-state index contributed by atoms with van der Waals surface area (Å²) in [5.74, 6) is -0.854. The van der Waals surface area contributed by atoms with Crippen molar-refractivity contribution in [3.05, 3.63) is 71.3 Å². The van der Waals surface area contributed by atoms with Gasteiger partial charge in [0.05, 0.1) is 18.3 Å². The van der Waals surface area contributed by atoms with Crippen LogP contribution in [0.2, 0.25) is 0 Å². The molecule has 2 rings (SSSR count). The number of carbonyl (C=O) groups is 2. The molecule has 0 bridgehead atoms. The zero-order valence-electron chi connectivity index (χ0n) is 15.4. The van der Waals surface area contributed by atoms with E-state index in [-0.39, 0.29) is 12.0 Å². The highest BCUT2D eigenvalue weighted by atomic mass is 16.5. The molecule has 138 valence electrons. The molecule has 1 N–H and O–H groups in total. The Morgan fingerprint density at radius 2 is 1.58 bits per heavy atom. The second-order valence-electron chi connectivity index (χ2n) is 6.31. The number of rotatable bonds is 8. The highest BCUT2D eigenvalue weighted by molar-refractivity contribution is 5.92. The van der Waals surface area contributed by atoms with Crippen LogP contribution in [0.3, 0.4) is 0 Å². The average Bonchev–Trinajstić information content (AvgIpc) is 2.65. The summed E-state index contributed by atoms with van der Waals surface area (Å²) < 4.78 is 10.8.